The fourth-order valence-corrected chi connectivity index (χ4v) is 3.74. The van der Waals surface area contributed by atoms with Gasteiger partial charge in [-0.05, 0) is 31.8 Å². The van der Waals surface area contributed by atoms with Gasteiger partial charge in [0.05, 0.1) is 25.5 Å². The van der Waals surface area contributed by atoms with Crippen LogP contribution in [-0.4, -0.2) is 25.3 Å². The normalized spacial score (nSPS) is 29.5. The van der Waals surface area contributed by atoms with Gasteiger partial charge in [0.1, 0.15) is 0 Å². The Balaban J connectivity index is 2.26. The molecule has 2 aliphatic carbocycles. The highest BCUT2D eigenvalue weighted by molar-refractivity contribution is 5.71. The van der Waals surface area contributed by atoms with Crippen LogP contribution in [0.4, 0.5) is 4.79 Å². The number of nitrogens with one attached hydrogen (secondary N) is 1. The number of rotatable bonds is 2. The molecule has 0 radical (unpaired) electrons. The van der Waals surface area contributed by atoms with Crippen LogP contribution in [0.15, 0.2) is 35.4 Å². The van der Waals surface area contributed by atoms with Crippen LogP contribution in [-0.2, 0) is 16.7 Å². The number of aromatic nitrogens is 1. The molecule has 2 bridgehead atoms. The fraction of sp³-hybridized carbons (Fsp3) is 0.444. The van der Waals surface area contributed by atoms with Crippen molar-refractivity contribution in [2.45, 2.75) is 32.2 Å². The van der Waals surface area contributed by atoms with Crippen molar-refractivity contribution >= 4 is 6.09 Å². The van der Waals surface area contributed by atoms with Crippen molar-refractivity contribution in [1.82, 2.24) is 10.3 Å². The van der Waals surface area contributed by atoms with E-state index in [4.69, 9.17) is 13.6 Å². The Morgan fingerprint density at radius 3 is 3.04 bits per heavy atom. The van der Waals surface area contributed by atoms with Crippen LogP contribution in [0.1, 0.15) is 35.6 Å². The van der Waals surface area contributed by atoms with E-state index in [1.807, 2.05) is 13.0 Å². The summed E-state index contributed by atoms with van der Waals surface area (Å²) in [6.07, 6.45) is 3.75. The maximum Gasteiger partial charge on any atom is 0.407 e. The zero-order chi connectivity index (χ0) is 19.1. The summed E-state index contributed by atoms with van der Waals surface area (Å²) in [6.45, 7) is -0.276. The second-order valence-corrected chi connectivity index (χ2v) is 5.97. The highest BCUT2D eigenvalue weighted by atomic mass is 16.5. The summed E-state index contributed by atoms with van der Waals surface area (Å²) in [6, 6.07) is 3.57. The Bertz CT molecular complexity index is 801. The summed E-state index contributed by atoms with van der Waals surface area (Å²) in [5.74, 6) is 0.326. The van der Waals surface area contributed by atoms with Crippen molar-refractivity contribution in [3.05, 3.63) is 46.7 Å². The van der Waals surface area contributed by atoms with E-state index in [1.54, 1.807) is 13.2 Å². The van der Waals surface area contributed by atoms with Crippen LogP contribution >= 0.6 is 0 Å². The van der Waals surface area contributed by atoms with Gasteiger partial charge in [-0.2, -0.15) is 0 Å². The minimum atomic E-state index is -2.26. The van der Waals surface area contributed by atoms with E-state index in [1.165, 1.54) is 13.2 Å². The Kier molecular flexibility index (Phi) is 3.03. The largest absolute Gasteiger partial charge is 0.481 e. The molecule has 5 heteroatoms. The zero-order valence-electron chi connectivity index (χ0n) is 16.5. The number of allylic oxidation sites excluding steroid dienone is 2. The molecule has 1 N–H and O–H groups in total. The van der Waals surface area contributed by atoms with Gasteiger partial charge >= 0.3 is 6.09 Å². The number of carbonyl (C=O) groups excluding carboxylic acids is 1. The van der Waals surface area contributed by atoms with Crippen LogP contribution in [0.3, 0.4) is 0 Å². The quantitative estimate of drug-likeness (QED) is 0.852. The molecule has 0 unspecified atom stereocenters. The maximum atomic E-state index is 12.2. The molecule has 0 fully saturated rings. The van der Waals surface area contributed by atoms with Gasteiger partial charge in [-0.15, -0.1) is 0 Å². The summed E-state index contributed by atoms with van der Waals surface area (Å²) >= 11 is 0. The van der Waals surface area contributed by atoms with Gasteiger partial charge in [0.15, 0.2) is 0 Å². The molecule has 2 atom stereocenters. The first-order valence-corrected chi connectivity index (χ1v) is 7.49. The molecule has 0 aliphatic heterocycles. The number of nitrogens with zero attached hydrogens (tertiary/aromatic N) is 1. The summed E-state index contributed by atoms with van der Waals surface area (Å²) in [4.78, 5) is 16.7. The smallest absolute Gasteiger partial charge is 0.407 e. The lowest BCUT2D eigenvalue weighted by Gasteiger charge is -2.47. The van der Waals surface area contributed by atoms with Crippen LogP contribution < -0.4 is 10.1 Å². The second-order valence-electron chi connectivity index (χ2n) is 5.97. The lowest BCUT2D eigenvalue weighted by Crippen LogP contribution is -2.53. The van der Waals surface area contributed by atoms with Crippen molar-refractivity contribution in [2.24, 2.45) is 5.92 Å². The highest BCUT2D eigenvalue weighted by Crippen LogP contribution is 2.49. The van der Waals surface area contributed by atoms with Crippen molar-refractivity contribution in [3.63, 3.8) is 0 Å². The first kappa shape index (κ1) is 12.2. The molecule has 23 heavy (non-hydrogen) atoms. The summed E-state index contributed by atoms with van der Waals surface area (Å²) in [5, 5.41) is 2.91. The van der Waals surface area contributed by atoms with E-state index in [9.17, 15) is 4.79 Å². The number of hydrogen-bond donors (Lipinski definition) is 1. The third-order valence-electron chi connectivity index (χ3n) is 4.61. The van der Waals surface area contributed by atoms with E-state index in [2.05, 4.69) is 16.4 Å². The van der Waals surface area contributed by atoms with Gasteiger partial charge in [-0.25, -0.2) is 9.78 Å². The van der Waals surface area contributed by atoms with Crippen LogP contribution in [0, 0.1) is 5.92 Å². The van der Waals surface area contributed by atoms with Crippen molar-refractivity contribution in [3.8, 4) is 5.88 Å². The topological polar surface area (TPSA) is 60.5 Å². The number of methoxy groups -OCH3 is 2. The molecule has 1 aromatic heterocycles. The molecule has 1 aromatic rings. The molecule has 5 nitrogen and oxygen atoms in total. The number of amides is 1. The number of ether oxygens (including phenoxy) is 2. The third-order valence-corrected chi connectivity index (χ3v) is 4.61. The van der Waals surface area contributed by atoms with Crippen LogP contribution in [0.5, 0.6) is 5.88 Å². The van der Waals surface area contributed by atoms with E-state index in [-0.39, 0.29) is 5.92 Å². The second kappa shape index (κ2) is 5.72. The highest BCUT2D eigenvalue weighted by Gasteiger charge is 2.48. The standard InChI is InChI=1S/C18H22N2O3/c1-5-13-12-8-11(2)10-18(13,20-17(21)23-4)14-6-7-16(22-3)19-15(14)9-12/h5-8,12H,9-10H2,1-4H3,(H,20,21)/t12-,18+/m0/s1/i1D3. The van der Waals surface area contributed by atoms with Crippen molar-refractivity contribution < 1.29 is 18.4 Å². The minimum Gasteiger partial charge on any atom is -0.481 e. The van der Waals surface area contributed by atoms with Gasteiger partial charge in [-0.3, -0.25) is 0 Å². The molecule has 0 saturated heterocycles. The first-order chi connectivity index (χ1) is 12.2. The van der Waals surface area contributed by atoms with E-state index in [0.717, 1.165) is 16.8 Å². The number of pyridine rings is 1. The predicted molar refractivity (Wildman–Crippen MR) is 87.3 cm³/mol. The van der Waals surface area contributed by atoms with E-state index < -0.39 is 18.5 Å². The molecule has 122 valence electrons. The molecule has 3 rings (SSSR count). The SMILES string of the molecule is [2H]C([2H])([2H])C=C1[C@H]2C=C(C)C[C@]1(NC(=O)OC)c1ccc(OC)nc1C2. The maximum absolute atomic E-state index is 12.2. The summed E-state index contributed by atoms with van der Waals surface area (Å²) in [7, 11) is 2.84. The van der Waals surface area contributed by atoms with E-state index in [0.29, 0.717) is 24.3 Å². The molecule has 1 heterocycles. The van der Waals surface area contributed by atoms with E-state index >= 15 is 0 Å². The molecule has 0 aromatic carbocycles. The molecular weight excluding hydrogens is 292 g/mol. The van der Waals surface area contributed by atoms with Gasteiger partial charge < -0.3 is 14.8 Å². The van der Waals surface area contributed by atoms with Gasteiger partial charge in [0, 0.05) is 28.1 Å². The zero-order valence-corrected chi connectivity index (χ0v) is 13.5. The number of alkyl carbamates (subject to hydrolysis) is 1. The van der Waals surface area contributed by atoms with Crippen molar-refractivity contribution in [1.29, 1.82) is 0 Å². The summed E-state index contributed by atoms with van der Waals surface area (Å²) in [5.41, 5.74) is 2.32. The Morgan fingerprint density at radius 2 is 2.35 bits per heavy atom. The minimum absolute atomic E-state index is 0.159. The van der Waals surface area contributed by atoms with Gasteiger partial charge in [0.2, 0.25) is 5.88 Å². The average molecular weight is 317 g/mol. The number of hydrogen-bond acceptors (Lipinski definition) is 4. The average Bonchev–Trinajstić information content (AvgIpc) is 2.55. The Morgan fingerprint density at radius 1 is 1.52 bits per heavy atom. The lowest BCUT2D eigenvalue weighted by atomic mass is 9.63. The molecule has 0 saturated carbocycles. The molecule has 2 aliphatic rings. The van der Waals surface area contributed by atoms with Gasteiger partial charge in [0.25, 0.3) is 0 Å². The number of fused-ring (bicyclic) bond motifs is 4. The fourth-order valence-electron chi connectivity index (χ4n) is 3.74. The Labute approximate surface area is 140 Å². The molecule has 0 spiro atoms. The van der Waals surface area contributed by atoms with Gasteiger partial charge in [-0.1, -0.05) is 17.7 Å². The third kappa shape index (κ3) is 2.40. The molecule has 1 amide bonds. The summed E-state index contributed by atoms with van der Waals surface area (Å²) < 4.78 is 33.2. The predicted octanol–water partition coefficient (Wildman–Crippen LogP) is 3.11. The first-order valence-electron chi connectivity index (χ1n) is 8.99. The number of carbonyl (C=O) groups is 1. The monoisotopic (exact) mass is 317 g/mol. The Hall–Kier alpha value is -2.30. The van der Waals surface area contributed by atoms with Crippen molar-refractivity contribution in [2.75, 3.05) is 14.2 Å². The lowest BCUT2D eigenvalue weighted by molar-refractivity contribution is 0.155. The van der Waals surface area contributed by atoms with Crippen LogP contribution in [0.2, 0.25) is 0 Å². The van der Waals surface area contributed by atoms with Crippen LogP contribution in [0.25, 0.3) is 0 Å². The molecular formula is C18H22N2O3.